The van der Waals surface area contributed by atoms with Crippen molar-refractivity contribution in [3.63, 3.8) is 0 Å². The molecule has 1 aliphatic heterocycles. The number of piperazine rings is 1. The Labute approximate surface area is 154 Å². The monoisotopic (exact) mass is 355 g/mol. The van der Waals surface area contributed by atoms with Crippen LogP contribution in [0.2, 0.25) is 0 Å². The van der Waals surface area contributed by atoms with Gasteiger partial charge in [-0.15, -0.1) is 0 Å². The number of amides is 1. The quantitative estimate of drug-likeness (QED) is 0.888. The third-order valence-corrected chi connectivity index (χ3v) is 4.16. The minimum Gasteiger partial charge on any atom is -0.491 e. The average Bonchev–Trinajstić information content (AvgIpc) is 2.64. The zero-order valence-electron chi connectivity index (χ0n) is 15.5. The number of carbonyl (C=O) groups is 1. The number of rotatable bonds is 5. The van der Waals surface area contributed by atoms with Crippen LogP contribution in [-0.4, -0.2) is 65.0 Å². The number of hydrogen-bond acceptors (Lipinski definition) is 6. The fourth-order valence-corrected chi connectivity index (χ4v) is 2.71. The predicted octanol–water partition coefficient (Wildman–Crippen LogP) is 2.40. The Bertz CT molecular complexity index is 723. The van der Waals surface area contributed by atoms with Crippen LogP contribution in [0.1, 0.15) is 24.3 Å². The Morgan fingerprint density at radius 2 is 1.77 bits per heavy atom. The van der Waals surface area contributed by atoms with E-state index >= 15 is 0 Å². The summed E-state index contributed by atoms with van der Waals surface area (Å²) in [6.07, 6.45) is 3.26. The molecule has 2 aromatic rings. The number of hydrogen-bond donors (Lipinski definition) is 1. The van der Waals surface area contributed by atoms with Crippen LogP contribution in [0.4, 0.5) is 11.5 Å². The molecule has 0 saturated carbocycles. The van der Waals surface area contributed by atoms with Crippen molar-refractivity contribution < 1.29 is 9.53 Å². The second kappa shape index (κ2) is 8.14. The van der Waals surface area contributed by atoms with E-state index in [9.17, 15) is 4.79 Å². The molecule has 1 aromatic carbocycles. The van der Waals surface area contributed by atoms with Gasteiger partial charge in [-0.25, -0.2) is 9.97 Å². The third kappa shape index (κ3) is 4.70. The van der Waals surface area contributed by atoms with Crippen LogP contribution >= 0.6 is 0 Å². The van der Waals surface area contributed by atoms with Crippen molar-refractivity contribution in [1.82, 2.24) is 19.8 Å². The largest absolute Gasteiger partial charge is 0.491 e. The maximum atomic E-state index is 12.5. The third-order valence-electron chi connectivity index (χ3n) is 4.16. The molecule has 0 unspecified atom stereocenters. The van der Waals surface area contributed by atoms with E-state index in [4.69, 9.17) is 4.74 Å². The van der Waals surface area contributed by atoms with Gasteiger partial charge in [0, 0.05) is 31.9 Å². The van der Waals surface area contributed by atoms with Crippen LogP contribution in [0, 0.1) is 0 Å². The lowest BCUT2D eigenvalue weighted by Gasteiger charge is -2.32. The molecule has 26 heavy (non-hydrogen) atoms. The van der Waals surface area contributed by atoms with E-state index in [1.807, 2.05) is 43.0 Å². The zero-order valence-corrected chi connectivity index (χ0v) is 15.5. The summed E-state index contributed by atoms with van der Waals surface area (Å²) < 4.78 is 5.62. The summed E-state index contributed by atoms with van der Waals surface area (Å²) in [7, 11) is 2.06. The molecule has 3 rings (SSSR count). The van der Waals surface area contributed by atoms with Crippen LogP contribution in [-0.2, 0) is 0 Å². The van der Waals surface area contributed by atoms with Gasteiger partial charge in [-0.2, -0.15) is 0 Å². The van der Waals surface area contributed by atoms with Gasteiger partial charge in [0.05, 0.1) is 18.5 Å². The van der Waals surface area contributed by atoms with Crippen molar-refractivity contribution in [3.8, 4) is 5.75 Å². The maximum absolute atomic E-state index is 12.5. The second-order valence-corrected chi connectivity index (χ2v) is 6.70. The summed E-state index contributed by atoms with van der Waals surface area (Å²) in [4.78, 5) is 25.1. The summed E-state index contributed by atoms with van der Waals surface area (Å²) in [6.45, 7) is 7.20. The molecule has 1 saturated heterocycles. The molecule has 1 aliphatic rings. The number of anilines is 2. The van der Waals surface area contributed by atoms with Gasteiger partial charge in [0.1, 0.15) is 17.3 Å². The van der Waals surface area contributed by atoms with Gasteiger partial charge in [-0.3, -0.25) is 4.79 Å². The number of carbonyl (C=O) groups excluding carboxylic acids is 1. The molecule has 0 bridgehead atoms. The lowest BCUT2D eigenvalue weighted by atomic mass is 10.3. The van der Waals surface area contributed by atoms with Gasteiger partial charge in [0.2, 0.25) is 0 Å². The zero-order chi connectivity index (χ0) is 18.5. The van der Waals surface area contributed by atoms with Gasteiger partial charge in [0.25, 0.3) is 5.91 Å². The molecule has 0 atom stereocenters. The molecule has 0 radical (unpaired) electrons. The van der Waals surface area contributed by atoms with Crippen molar-refractivity contribution >= 4 is 17.4 Å². The van der Waals surface area contributed by atoms with Crippen molar-refractivity contribution in [2.45, 2.75) is 20.0 Å². The van der Waals surface area contributed by atoms with E-state index in [0.717, 1.165) is 37.6 Å². The molecule has 0 aliphatic carbocycles. The van der Waals surface area contributed by atoms with Crippen molar-refractivity contribution in [1.29, 1.82) is 0 Å². The first-order valence-electron chi connectivity index (χ1n) is 8.85. The molecule has 2 heterocycles. The fourth-order valence-electron chi connectivity index (χ4n) is 2.71. The van der Waals surface area contributed by atoms with Crippen LogP contribution in [0.15, 0.2) is 36.7 Å². The summed E-state index contributed by atoms with van der Waals surface area (Å²) in [5, 5.41) is 3.18. The Hall–Kier alpha value is -2.67. The first kappa shape index (κ1) is 18.1. The van der Waals surface area contributed by atoms with Gasteiger partial charge in [0.15, 0.2) is 0 Å². The summed E-state index contributed by atoms with van der Waals surface area (Å²) >= 11 is 0. The summed E-state index contributed by atoms with van der Waals surface area (Å²) in [5.74, 6) is 1.36. The Morgan fingerprint density at radius 1 is 1.08 bits per heavy atom. The van der Waals surface area contributed by atoms with Crippen LogP contribution < -0.4 is 10.1 Å². The van der Waals surface area contributed by atoms with Crippen LogP contribution in [0.25, 0.3) is 0 Å². The van der Waals surface area contributed by atoms with Crippen molar-refractivity contribution in [2.75, 3.05) is 38.5 Å². The number of benzene rings is 1. The lowest BCUT2D eigenvalue weighted by Crippen LogP contribution is -2.47. The van der Waals surface area contributed by atoms with E-state index in [1.54, 1.807) is 6.20 Å². The predicted molar refractivity (Wildman–Crippen MR) is 101 cm³/mol. The van der Waals surface area contributed by atoms with Crippen LogP contribution in [0.3, 0.4) is 0 Å². The Kier molecular flexibility index (Phi) is 5.68. The normalized spacial score (nSPS) is 15.2. The molecule has 7 heteroatoms. The summed E-state index contributed by atoms with van der Waals surface area (Å²) in [6, 6.07) is 7.65. The first-order valence-corrected chi connectivity index (χ1v) is 8.85. The first-order chi connectivity index (χ1) is 12.5. The fraction of sp³-hybridized carbons (Fsp3) is 0.421. The molecule has 0 spiro atoms. The molecule has 1 amide bonds. The molecular weight excluding hydrogens is 330 g/mol. The standard InChI is InChI=1S/C19H25N5O2/c1-14(2)26-16-6-4-15(5-7-16)22-18-13-20-17(12-21-18)19(25)24-10-8-23(3)9-11-24/h4-7,12-14H,8-11H2,1-3H3,(H,21,22). The molecule has 1 fully saturated rings. The summed E-state index contributed by atoms with van der Waals surface area (Å²) in [5.41, 5.74) is 1.26. The maximum Gasteiger partial charge on any atom is 0.274 e. The lowest BCUT2D eigenvalue weighted by molar-refractivity contribution is 0.0658. The topological polar surface area (TPSA) is 70.6 Å². The highest BCUT2D eigenvalue weighted by Crippen LogP contribution is 2.19. The highest BCUT2D eigenvalue weighted by atomic mass is 16.5. The number of likely N-dealkylation sites (N-methyl/N-ethyl adjacent to an activating group) is 1. The number of nitrogens with one attached hydrogen (secondary N) is 1. The van der Waals surface area contributed by atoms with Gasteiger partial charge in [-0.1, -0.05) is 0 Å². The van der Waals surface area contributed by atoms with E-state index in [-0.39, 0.29) is 12.0 Å². The van der Waals surface area contributed by atoms with E-state index < -0.39 is 0 Å². The Morgan fingerprint density at radius 3 is 2.35 bits per heavy atom. The van der Waals surface area contributed by atoms with E-state index in [2.05, 4.69) is 27.2 Å². The minimum atomic E-state index is -0.0627. The van der Waals surface area contributed by atoms with Crippen LogP contribution in [0.5, 0.6) is 5.75 Å². The molecule has 1 N–H and O–H groups in total. The second-order valence-electron chi connectivity index (χ2n) is 6.70. The van der Waals surface area contributed by atoms with Gasteiger partial charge in [-0.05, 0) is 45.2 Å². The van der Waals surface area contributed by atoms with Crippen molar-refractivity contribution in [3.05, 3.63) is 42.4 Å². The average molecular weight is 355 g/mol. The van der Waals surface area contributed by atoms with Gasteiger partial charge >= 0.3 is 0 Å². The molecule has 7 nitrogen and oxygen atoms in total. The number of ether oxygens (including phenoxy) is 1. The number of aromatic nitrogens is 2. The van der Waals surface area contributed by atoms with Crippen molar-refractivity contribution in [2.24, 2.45) is 0 Å². The highest BCUT2D eigenvalue weighted by molar-refractivity contribution is 5.92. The van der Waals surface area contributed by atoms with E-state index in [1.165, 1.54) is 6.20 Å². The molecule has 138 valence electrons. The minimum absolute atomic E-state index is 0.0627. The number of nitrogens with zero attached hydrogens (tertiary/aromatic N) is 4. The molecule has 1 aromatic heterocycles. The highest BCUT2D eigenvalue weighted by Gasteiger charge is 2.21. The van der Waals surface area contributed by atoms with Gasteiger partial charge < -0.3 is 19.9 Å². The molecular formula is C19H25N5O2. The smallest absolute Gasteiger partial charge is 0.274 e. The van der Waals surface area contributed by atoms with E-state index in [0.29, 0.717) is 11.5 Å². The SMILES string of the molecule is CC(C)Oc1ccc(Nc2cnc(C(=O)N3CCN(C)CC3)cn2)cc1. The Balaban J connectivity index is 1.59.